The summed E-state index contributed by atoms with van der Waals surface area (Å²) in [6, 6.07) is 1.76. The lowest BCUT2D eigenvalue weighted by atomic mass is 9.76. The van der Waals surface area contributed by atoms with Crippen LogP contribution in [0.4, 0.5) is 13.2 Å². The lowest BCUT2D eigenvalue weighted by Crippen LogP contribution is -2.30. The third-order valence-electron chi connectivity index (χ3n) is 5.87. The van der Waals surface area contributed by atoms with Gasteiger partial charge in [0, 0.05) is 25.2 Å². The Hall–Kier alpha value is -2.49. The summed E-state index contributed by atoms with van der Waals surface area (Å²) in [6.45, 7) is 0.482. The van der Waals surface area contributed by atoms with Gasteiger partial charge in [0.05, 0.1) is 12.2 Å². The maximum atomic E-state index is 12.8. The average Bonchev–Trinajstić information content (AvgIpc) is 3.43. The van der Waals surface area contributed by atoms with Crippen LogP contribution in [0.25, 0.3) is 0 Å². The number of nitrogens with zero attached hydrogens (tertiary/aromatic N) is 4. The summed E-state index contributed by atoms with van der Waals surface area (Å²) in [4.78, 5) is 15.0. The second-order valence-electron chi connectivity index (χ2n) is 7.61. The Balaban J connectivity index is 1.38. The van der Waals surface area contributed by atoms with Crippen LogP contribution in [0.15, 0.2) is 18.3 Å². The van der Waals surface area contributed by atoms with Gasteiger partial charge in [-0.05, 0) is 37.7 Å². The lowest BCUT2D eigenvalue weighted by Gasteiger charge is -2.29. The summed E-state index contributed by atoms with van der Waals surface area (Å²) in [5, 5.41) is 8.39. The summed E-state index contributed by atoms with van der Waals surface area (Å²) >= 11 is 0. The molecular formula is C19H21F3N4O3. The molecule has 0 aromatic carbocycles. The summed E-state index contributed by atoms with van der Waals surface area (Å²) in [7, 11) is 1.82. The van der Waals surface area contributed by atoms with Gasteiger partial charge in [-0.25, -0.2) is 4.98 Å². The zero-order chi connectivity index (χ0) is 20.6. The third kappa shape index (κ3) is 3.98. The van der Waals surface area contributed by atoms with Crippen molar-refractivity contribution >= 4 is 6.29 Å². The first-order chi connectivity index (χ1) is 13.8. The van der Waals surface area contributed by atoms with Crippen LogP contribution in [0.1, 0.15) is 48.8 Å². The molecule has 2 aliphatic rings. The molecule has 7 nitrogen and oxygen atoms in total. The molecule has 1 atom stereocenters. The van der Waals surface area contributed by atoms with E-state index in [1.54, 1.807) is 0 Å². The SMILES string of the molecule is Cn1c(COc2cc(C(F)(F)F)ccn2)nnc1[C@H]1CC[C@H]([C@]2(C=O)CO2)CC1. The lowest BCUT2D eigenvalue weighted by molar-refractivity contribution is -0.137. The average molecular weight is 410 g/mol. The van der Waals surface area contributed by atoms with Crippen molar-refractivity contribution in [1.82, 2.24) is 19.7 Å². The van der Waals surface area contributed by atoms with Gasteiger partial charge in [-0.3, -0.25) is 0 Å². The van der Waals surface area contributed by atoms with Gasteiger partial charge in [0.15, 0.2) is 12.1 Å². The number of aromatic nitrogens is 4. The zero-order valence-corrected chi connectivity index (χ0v) is 15.9. The second-order valence-corrected chi connectivity index (χ2v) is 7.61. The Kier molecular flexibility index (Phi) is 5.05. The molecule has 2 aromatic rings. The minimum atomic E-state index is -4.45. The van der Waals surface area contributed by atoms with Crippen molar-refractivity contribution < 1.29 is 27.4 Å². The van der Waals surface area contributed by atoms with Gasteiger partial charge in [-0.15, -0.1) is 10.2 Å². The van der Waals surface area contributed by atoms with E-state index in [-0.39, 0.29) is 24.3 Å². The van der Waals surface area contributed by atoms with Crippen LogP contribution < -0.4 is 4.74 Å². The molecule has 1 saturated carbocycles. The van der Waals surface area contributed by atoms with Gasteiger partial charge < -0.3 is 18.8 Å². The van der Waals surface area contributed by atoms with E-state index in [9.17, 15) is 18.0 Å². The van der Waals surface area contributed by atoms with Crippen LogP contribution in [-0.2, 0) is 29.4 Å². The summed E-state index contributed by atoms with van der Waals surface area (Å²) < 4.78 is 51.0. The van der Waals surface area contributed by atoms with Crippen LogP contribution in [-0.4, -0.2) is 38.2 Å². The molecule has 29 heavy (non-hydrogen) atoms. The molecule has 0 N–H and O–H groups in total. The molecule has 1 saturated heterocycles. The summed E-state index contributed by atoms with van der Waals surface area (Å²) in [6.07, 6.45) is 1.07. The molecule has 4 rings (SSSR count). The van der Waals surface area contributed by atoms with E-state index < -0.39 is 17.3 Å². The molecule has 0 amide bonds. The van der Waals surface area contributed by atoms with Crippen LogP contribution in [0, 0.1) is 5.92 Å². The Morgan fingerprint density at radius 2 is 2.03 bits per heavy atom. The maximum absolute atomic E-state index is 12.8. The van der Waals surface area contributed by atoms with Crippen molar-refractivity contribution in [3.05, 3.63) is 35.5 Å². The smallest absolute Gasteiger partial charge is 0.416 e. The van der Waals surface area contributed by atoms with Crippen LogP contribution in [0.2, 0.25) is 0 Å². The van der Waals surface area contributed by atoms with Gasteiger partial charge in [0.1, 0.15) is 18.0 Å². The Bertz CT molecular complexity index is 887. The van der Waals surface area contributed by atoms with E-state index >= 15 is 0 Å². The number of epoxide rings is 1. The van der Waals surface area contributed by atoms with E-state index in [1.807, 2.05) is 11.6 Å². The molecule has 3 heterocycles. The highest BCUT2D eigenvalue weighted by Crippen LogP contribution is 2.45. The second kappa shape index (κ2) is 7.40. The van der Waals surface area contributed by atoms with Crippen LogP contribution in [0.5, 0.6) is 5.88 Å². The molecule has 1 aliphatic carbocycles. The molecule has 156 valence electrons. The highest BCUT2D eigenvalue weighted by Gasteiger charge is 2.52. The molecule has 0 spiro atoms. The number of hydrogen-bond acceptors (Lipinski definition) is 6. The Labute approximate surface area is 165 Å². The predicted octanol–water partition coefficient (Wildman–Crippen LogP) is 3.05. The third-order valence-corrected chi connectivity index (χ3v) is 5.87. The van der Waals surface area contributed by atoms with E-state index in [2.05, 4.69) is 15.2 Å². The van der Waals surface area contributed by atoms with Crippen molar-refractivity contribution in [2.24, 2.45) is 13.0 Å². The topological polar surface area (TPSA) is 82.4 Å². The van der Waals surface area contributed by atoms with Crippen LogP contribution in [0.3, 0.4) is 0 Å². The monoisotopic (exact) mass is 410 g/mol. The number of pyridine rings is 1. The van der Waals surface area contributed by atoms with Crippen LogP contribution >= 0.6 is 0 Å². The van der Waals surface area contributed by atoms with E-state index in [0.717, 1.165) is 56.1 Å². The number of ether oxygens (including phenoxy) is 2. The highest BCUT2D eigenvalue weighted by atomic mass is 19.4. The number of carbonyl (C=O) groups is 1. The first kappa shape index (κ1) is 19.8. The number of aldehydes is 1. The molecule has 0 radical (unpaired) electrons. The molecule has 1 aliphatic heterocycles. The number of halogens is 3. The van der Waals surface area contributed by atoms with Gasteiger partial charge in [-0.2, -0.15) is 13.2 Å². The van der Waals surface area contributed by atoms with Crippen molar-refractivity contribution in [1.29, 1.82) is 0 Å². The van der Waals surface area contributed by atoms with Crippen molar-refractivity contribution in [2.45, 2.75) is 50.0 Å². The van der Waals surface area contributed by atoms with E-state index in [4.69, 9.17) is 9.47 Å². The fourth-order valence-electron chi connectivity index (χ4n) is 3.98. The minimum absolute atomic E-state index is 0.0325. The molecule has 2 aromatic heterocycles. The Morgan fingerprint density at radius 3 is 2.66 bits per heavy atom. The zero-order valence-electron chi connectivity index (χ0n) is 15.9. The maximum Gasteiger partial charge on any atom is 0.416 e. The molecule has 10 heteroatoms. The normalized spacial score (nSPS) is 26.9. The first-order valence-electron chi connectivity index (χ1n) is 9.47. The van der Waals surface area contributed by atoms with Gasteiger partial charge in [0.25, 0.3) is 0 Å². The van der Waals surface area contributed by atoms with Gasteiger partial charge in [0.2, 0.25) is 5.88 Å². The highest BCUT2D eigenvalue weighted by molar-refractivity contribution is 5.67. The minimum Gasteiger partial charge on any atom is -0.469 e. The molecule has 0 unspecified atom stereocenters. The first-order valence-corrected chi connectivity index (χ1v) is 9.47. The molecule has 0 bridgehead atoms. The molecular weight excluding hydrogens is 389 g/mol. The largest absolute Gasteiger partial charge is 0.469 e. The summed E-state index contributed by atoms with van der Waals surface area (Å²) in [5.74, 6) is 1.67. The summed E-state index contributed by atoms with van der Waals surface area (Å²) in [5.41, 5.74) is -1.38. The van der Waals surface area contributed by atoms with Gasteiger partial charge in [-0.1, -0.05) is 0 Å². The number of alkyl halides is 3. The van der Waals surface area contributed by atoms with E-state index in [1.165, 1.54) is 0 Å². The van der Waals surface area contributed by atoms with Crippen molar-refractivity contribution in [3.8, 4) is 5.88 Å². The predicted molar refractivity (Wildman–Crippen MR) is 94.0 cm³/mol. The van der Waals surface area contributed by atoms with Crippen molar-refractivity contribution in [2.75, 3.05) is 6.61 Å². The van der Waals surface area contributed by atoms with Crippen molar-refractivity contribution in [3.63, 3.8) is 0 Å². The fourth-order valence-corrected chi connectivity index (χ4v) is 3.98. The molecule has 2 fully saturated rings. The quantitative estimate of drug-likeness (QED) is 0.538. The standard InChI is InChI=1S/C19H21F3N4O3/c1-26-15(9-28-16-8-14(6-7-23-16)19(20,21)22)24-25-17(26)12-2-4-13(5-3-12)18(10-27)11-29-18/h6-8,10,12-13H,2-5,9,11H2,1H3/t12-,13-,18-/m0/s1. The van der Waals surface area contributed by atoms with E-state index in [0.29, 0.717) is 12.4 Å². The number of rotatable bonds is 6. The fraction of sp³-hybridized carbons (Fsp3) is 0.579. The number of hydrogen-bond donors (Lipinski definition) is 0. The van der Waals surface area contributed by atoms with Gasteiger partial charge >= 0.3 is 6.18 Å². The number of carbonyl (C=O) groups excluding carboxylic acids is 1. The Morgan fingerprint density at radius 1 is 1.31 bits per heavy atom.